The number of benzene rings is 2. The third-order valence-corrected chi connectivity index (χ3v) is 7.73. The second-order valence-corrected chi connectivity index (χ2v) is 10.2. The van der Waals surface area contributed by atoms with E-state index in [9.17, 15) is 14.7 Å². The van der Waals surface area contributed by atoms with Gasteiger partial charge in [0.1, 0.15) is 36.7 Å². The minimum atomic E-state index is -1.07. The van der Waals surface area contributed by atoms with E-state index in [1.54, 1.807) is 13.8 Å². The average Bonchev–Trinajstić information content (AvgIpc) is 3.66. The number of quaternary nitrogens is 1. The molecule has 0 aliphatic carbocycles. The molecule has 1 aliphatic rings. The Balaban J connectivity index is 1.54. The highest BCUT2D eigenvalue weighted by Gasteiger charge is 2.48. The minimum absolute atomic E-state index is 0.0451. The maximum Gasteiger partial charge on any atom is 0.508 e. The molecule has 3 heterocycles. The number of tetrazole rings is 1. The lowest BCUT2D eigenvalue weighted by Crippen LogP contribution is -2.53. The molecule has 0 saturated carbocycles. The third-order valence-electron chi connectivity index (χ3n) is 6.94. The largest absolute Gasteiger partial charge is 0.508 e. The number of ether oxygens (including phenoxy) is 2. The van der Waals surface area contributed by atoms with Crippen LogP contribution in [0.25, 0.3) is 33.7 Å². The van der Waals surface area contributed by atoms with Crippen molar-refractivity contribution in [3.8, 4) is 22.7 Å². The molecular formula is C28H28BrN6O6+. The Morgan fingerprint density at radius 1 is 1.12 bits per heavy atom. The number of nitrogens with zero attached hydrogens (tertiary/aromatic N) is 5. The Kier molecular flexibility index (Phi) is 7.99. The van der Waals surface area contributed by atoms with E-state index in [-0.39, 0.29) is 36.5 Å². The molecular weight excluding hydrogens is 596 g/mol. The molecule has 5 rings (SSSR count). The number of aliphatic carboxylic acids is 1. The number of furan rings is 1. The van der Waals surface area contributed by atoms with Gasteiger partial charge in [-0.25, -0.2) is 14.1 Å². The van der Waals surface area contributed by atoms with Crippen molar-refractivity contribution < 1.29 is 33.1 Å². The predicted octanol–water partition coefficient (Wildman–Crippen LogP) is 5.67. The lowest BCUT2D eigenvalue weighted by molar-refractivity contribution is -0.812. The summed E-state index contributed by atoms with van der Waals surface area (Å²) in [5, 5.41) is 25.4. The van der Waals surface area contributed by atoms with Gasteiger partial charge >= 0.3 is 12.1 Å². The third kappa shape index (κ3) is 5.25. The number of hydrogen-bond acceptors (Lipinski definition) is 9. The molecule has 0 amide bonds. The van der Waals surface area contributed by atoms with Gasteiger partial charge in [0.15, 0.2) is 0 Å². The van der Waals surface area contributed by atoms with Crippen molar-refractivity contribution in [1.29, 1.82) is 0 Å². The summed E-state index contributed by atoms with van der Waals surface area (Å²) >= 11 is 3.73. The Hall–Kier alpha value is -4.36. The average molecular weight is 624 g/mol. The molecule has 1 atom stereocenters. The number of nitrogens with one attached hydrogen (secondary N) is 1. The Labute approximate surface area is 243 Å². The molecule has 0 bridgehead atoms. The zero-order chi connectivity index (χ0) is 29.1. The standard InChI is InChI=1S/C28H27BrN6O6/c1-4-22-30-16(3)24(27(36)37)35(22,12-13-40-28(38)39-5-2)15-17-10-11-21-20(14-17)23(29)25(41-21)18-8-6-7-9-19(18)26-31-33-34-32-26/h6-11,14H,4-5,12-13,15H2,1-3H3,(H-,31,32,33,34,36,37)/p+1. The number of carboxylic acid groups (broad SMARTS) is 1. The van der Waals surface area contributed by atoms with Crippen LogP contribution in [0.15, 0.2) is 67.7 Å². The number of aromatic nitrogens is 4. The van der Waals surface area contributed by atoms with E-state index in [4.69, 9.17) is 13.9 Å². The van der Waals surface area contributed by atoms with Gasteiger partial charge in [-0.05, 0) is 53.2 Å². The van der Waals surface area contributed by atoms with Crippen molar-refractivity contribution in [2.45, 2.75) is 33.7 Å². The molecule has 1 unspecified atom stereocenters. The summed E-state index contributed by atoms with van der Waals surface area (Å²) in [5.74, 6) is 0.641. The maximum absolute atomic E-state index is 12.5. The van der Waals surface area contributed by atoms with Gasteiger partial charge in [0.05, 0.1) is 11.1 Å². The predicted molar refractivity (Wildman–Crippen MR) is 152 cm³/mol. The van der Waals surface area contributed by atoms with Gasteiger partial charge < -0.3 is 19.0 Å². The van der Waals surface area contributed by atoms with Gasteiger partial charge in [0.2, 0.25) is 17.4 Å². The molecule has 2 aromatic carbocycles. The Morgan fingerprint density at radius 3 is 2.59 bits per heavy atom. The minimum Gasteiger partial charge on any atom is -0.474 e. The number of halogens is 1. The van der Waals surface area contributed by atoms with Crippen molar-refractivity contribution >= 4 is 44.9 Å². The number of carboxylic acids is 1. The molecule has 0 radical (unpaired) electrons. The van der Waals surface area contributed by atoms with E-state index < -0.39 is 12.1 Å². The molecule has 0 fully saturated rings. The van der Waals surface area contributed by atoms with E-state index in [1.807, 2.05) is 49.4 Å². The molecule has 12 nitrogen and oxygen atoms in total. The van der Waals surface area contributed by atoms with Crippen molar-refractivity contribution in [3.05, 3.63) is 63.9 Å². The van der Waals surface area contributed by atoms with Crippen LogP contribution in [0.4, 0.5) is 4.79 Å². The smallest absolute Gasteiger partial charge is 0.474 e. The first kappa shape index (κ1) is 28.2. The summed E-state index contributed by atoms with van der Waals surface area (Å²) in [6.07, 6.45) is -0.280. The number of carbonyl (C=O) groups excluding carboxylic acids is 1. The second-order valence-electron chi connectivity index (χ2n) is 9.36. The fraction of sp³-hybridized carbons (Fsp3) is 0.286. The monoisotopic (exact) mass is 623 g/mol. The van der Waals surface area contributed by atoms with Crippen molar-refractivity contribution in [2.24, 2.45) is 4.99 Å². The number of amidine groups is 1. The van der Waals surface area contributed by atoms with Gasteiger partial charge in [-0.15, -0.1) is 10.2 Å². The summed E-state index contributed by atoms with van der Waals surface area (Å²) in [6.45, 7) is 5.90. The molecule has 13 heteroatoms. The first-order chi connectivity index (χ1) is 19.8. The van der Waals surface area contributed by atoms with Gasteiger partial charge in [0.25, 0.3) is 0 Å². The van der Waals surface area contributed by atoms with Crippen LogP contribution >= 0.6 is 15.9 Å². The lowest BCUT2D eigenvalue weighted by atomic mass is 10.0. The van der Waals surface area contributed by atoms with Gasteiger partial charge in [-0.1, -0.05) is 31.2 Å². The molecule has 212 valence electrons. The molecule has 4 aromatic rings. The summed E-state index contributed by atoms with van der Waals surface area (Å²) in [6, 6.07) is 13.3. The number of rotatable bonds is 10. The molecule has 2 N–H and O–H groups in total. The Morgan fingerprint density at radius 2 is 1.90 bits per heavy atom. The number of fused-ring (bicyclic) bond motifs is 1. The number of H-pyrrole nitrogens is 1. The SMILES string of the molecule is CCOC(=O)OCC[N+]1(Cc2ccc3oc(-c4ccccc4-c4nn[nH]n4)c(Br)c3c2)C(CC)=NC(C)=C1C(=O)O. The van der Waals surface area contributed by atoms with Gasteiger partial charge in [-0.2, -0.15) is 10.2 Å². The number of carbonyl (C=O) groups is 2. The quantitative estimate of drug-likeness (QED) is 0.168. The maximum atomic E-state index is 12.5. The number of allylic oxidation sites excluding steroid dienone is 1. The first-order valence-electron chi connectivity index (χ1n) is 13.0. The highest BCUT2D eigenvalue weighted by Crippen LogP contribution is 2.42. The summed E-state index contributed by atoms with van der Waals surface area (Å²) in [7, 11) is 0. The van der Waals surface area contributed by atoms with E-state index in [2.05, 4.69) is 41.5 Å². The van der Waals surface area contributed by atoms with Crippen LogP contribution in [0.5, 0.6) is 0 Å². The van der Waals surface area contributed by atoms with E-state index >= 15 is 0 Å². The molecule has 0 saturated heterocycles. The topological polar surface area (TPSA) is 153 Å². The van der Waals surface area contributed by atoms with Gasteiger partial charge in [-0.3, -0.25) is 0 Å². The molecule has 2 aromatic heterocycles. The fourth-order valence-corrected chi connectivity index (χ4v) is 5.89. The first-order valence-corrected chi connectivity index (χ1v) is 13.8. The zero-order valence-corrected chi connectivity index (χ0v) is 24.3. The van der Waals surface area contributed by atoms with Crippen LogP contribution in [0.3, 0.4) is 0 Å². The van der Waals surface area contributed by atoms with Crippen LogP contribution in [0.2, 0.25) is 0 Å². The molecule has 1 aliphatic heterocycles. The van der Waals surface area contributed by atoms with Crippen LogP contribution in [-0.2, 0) is 20.8 Å². The van der Waals surface area contributed by atoms with Crippen molar-refractivity contribution in [2.75, 3.05) is 19.8 Å². The van der Waals surface area contributed by atoms with E-state index in [0.717, 1.165) is 26.5 Å². The lowest BCUT2D eigenvalue weighted by Gasteiger charge is -2.35. The molecule has 41 heavy (non-hydrogen) atoms. The number of hydrogen-bond donors (Lipinski definition) is 2. The second kappa shape index (κ2) is 11.6. The summed E-state index contributed by atoms with van der Waals surface area (Å²) in [4.78, 5) is 29.0. The van der Waals surface area contributed by atoms with Crippen LogP contribution in [-0.4, -0.2) is 67.9 Å². The normalized spacial score (nSPS) is 16.7. The zero-order valence-electron chi connectivity index (χ0n) is 22.7. The summed E-state index contributed by atoms with van der Waals surface area (Å²) < 4.78 is 17.1. The number of aromatic amines is 1. The van der Waals surface area contributed by atoms with Crippen LogP contribution in [0, 0.1) is 0 Å². The highest BCUT2D eigenvalue weighted by molar-refractivity contribution is 9.10. The van der Waals surface area contributed by atoms with Crippen molar-refractivity contribution in [3.63, 3.8) is 0 Å². The van der Waals surface area contributed by atoms with Crippen molar-refractivity contribution in [1.82, 2.24) is 20.6 Å². The Bertz CT molecular complexity index is 1680. The molecule has 0 spiro atoms. The summed E-state index contributed by atoms with van der Waals surface area (Å²) in [5.41, 5.74) is 3.60. The fourth-order valence-electron chi connectivity index (χ4n) is 5.29. The highest BCUT2D eigenvalue weighted by atomic mass is 79.9. The number of aliphatic imine (C=N–C) groups is 1. The van der Waals surface area contributed by atoms with Gasteiger partial charge in [0, 0.05) is 28.5 Å². The van der Waals surface area contributed by atoms with Crippen LogP contribution in [0.1, 0.15) is 32.8 Å². The van der Waals surface area contributed by atoms with Crippen LogP contribution < -0.4 is 0 Å². The van der Waals surface area contributed by atoms with E-state index in [1.165, 1.54) is 0 Å². The van der Waals surface area contributed by atoms with E-state index in [0.29, 0.717) is 35.1 Å².